The van der Waals surface area contributed by atoms with Gasteiger partial charge in [-0.15, -0.1) is 0 Å². The van der Waals surface area contributed by atoms with Crippen LogP contribution in [-0.4, -0.2) is 16.8 Å². The molecule has 0 unspecified atom stereocenters. The van der Waals surface area contributed by atoms with Crippen LogP contribution in [0.15, 0.2) is 6.20 Å². The molecule has 0 aliphatic heterocycles. The second kappa shape index (κ2) is 2.90. The molecule has 3 heteroatoms. The van der Waals surface area contributed by atoms with Crippen LogP contribution in [0.4, 0.5) is 0 Å². The van der Waals surface area contributed by atoms with Crippen LogP contribution in [0.5, 0.6) is 0 Å². The maximum atomic E-state index is 4.21. The zero-order valence-electron chi connectivity index (χ0n) is 8.47. The van der Waals surface area contributed by atoms with Crippen LogP contribution in [0.1, 0.15) is 25.1 Å². The van der Waals surface area contributed by atoms with Crippen LogP contribution in [0.2, 0.25) is 0 Å². The standard InChI is InChI=1S/C9H17N3/c1-7-8(6-11-12(7)5)9(2,3)10-4/h6,10H,1-5H3. The Hall–Kier alpha value is -0.830. The van der Waals surface area contributed by atoms with Gasteiger partial charge in [-0.3, -0.25) is 4.68 Å². The molecule has 0 amide bonds. The topological polar surface area (TPSA) is 29.9 Å². The zero-order valence-corrected chi connectivity index (χ0v) is 8.47. The molecule has 0 aliphatic carbocycles. The molecule has 0 saturated heterocycles. The largest absolute Gasteiger partial charge is 0.311 e. The molecule has 0 aliphatic rings. The van der Waals surface area contributed by atoms with E-state index in [4.69, 9.17) is 0 Å². The van der Waals surface area contributed by atoms with E-state index >= 15 is 0 Å². The predicted octanol–water partition coefficient (Wildman–Crippen LogP) is 1.18. The summed E-state index contributed by atoms with van der Waals surface area (Å²) in [5.41, 5.74) is 2.49. The van der Waals surface area contributed by atoms with E-state index in [1.807, 2.05) is 25.0 Å². The number of nitrogens with zero attached hydrogens (tertiary/aromatic N) is 2. The molecule has 0 atom stereocenters. The van der Waals surface area contributed by atoms with Gasteiger partial charge < -0.3 is 5.32 Å². The van der Waals surface area contributed by atoms with Crippen molar-refractivity contribution < 1.29 is 0 Å². The monoisotopic (exact) mass is 167 g/mol. The van der Waals surface area contributed by atoms with Crippen molar-refractivity contribution in [1.29, 1.82) is 0 Å². The number of aromatic nitrogens is 2. The Kier molecular flexibility index (Phi) is 2.24. The summed E-state index contributed by atoms with van der Waals surface area (Å²) in [4.78, 5) is 0. The van der Waals surface area contributed by atoms with Crippen LogP contribution >= 0.6 is 0 Å². The molecule has 12 heavy (non-hydrogen) atoms. The first-order chi connectivity index (χ1) is 5.49. The Labute approximate surface area is 73.8 Å². The van der Waals surface area contributed by atoms with Crippen molar-refractivity contribution in [2.24, 2.45) is 7.05 Å². The van der Waals surface area contributed by atoms with Gasteiger partial charge in [-0.25, -0.2) is 0 Å². The van der Waals surface area contributed by atoms with Crippen molar-refractivity contribution in [2.45, 2.75) is 26.3 Å². The summed E-state index contributed by atoms with van der Waals surface area (Å²) in [6.07, 6.45) is 1.92. The fourth-order valence-corrected chi connectivity index (χ4v) is 1.25. The number of hydrogen-bond donors (Lipinski definition) is 1. The van der Waals surface area contributed by atoms with Crippen LogP contribution in [0.25, 0.3) is 0 Å². The lowest BCUT2D eigenvalue weighted by molar-refractivity contribution is 0.441. The van der Waals surface area contributed by atoms with Crippen molar-refractivity contribution in [3.63, 3.8) is 0 Å². The van der Waals surface area contributed by atoms with Crippen molar-refractivity contribution in [3.05, 3.63) is 17.5 Å². The predicted molar refractivity (Wildman–Crippen MR) is 50.0 cm³/mol. The summed E-state index contributed by atoms with van der Waals surface area (Å²) in [6.45, 7) is 6.38. The SMILES string of the molecule is CNC(C)(C)c1cnn(C)c1C. The van der Waals surface area contributed by atoms with Crippen LogP contribution in [0.3, 0.4) is 0 Å². The number of hydrogen-bond acceptors (Lipinski definition) is 2. The third kappa shape index (κ3) is 1.37. The minimum atomic E-state index is 0.0122. The average Bonchev–Trinajstić information content (AvgIpc) is 2.33. The Bertz CT molecular complexity index is 273. The fraction of sp³-hybridized carbons (Fsp3) is 0.667. The molecule has 0 saturated carbocycles. The molecule has 3 nitrogen and oxygen atoms in total. The molecule has 1 aromatic rings. The van der Waals surface area contributed by atoms with E-state index in [0.717, 1.165) is 0 Å². The lowest BCUT2D eigenvalue weighted by Crippen LogP contribution is -2.33. The molecule has 0 radical (unpaired) electrons. The number of aryl methyl sites for hydroxylation is 1. The van der Waals surface area contributed by atoms with Gasteiger partial charge in [-0.05, 0) is 27.8 Å². The van der Waals surface area contributed by atoms with E-state index in [2.05, 4.69) is 31.2 Å². The first kappa shape index (κ1) is 9.26. The third-order valence-electron chi connectivity index (χ3n) is 2.53. The molecule has 1 aromatic heterocycles. The Morgan fingerprint density at radius 3 is 2.42 bits per heavy atom. The first-order valence-electron chi connectivity index (χ1n) is 4.17. The first-order valence-corrected chi connectivity index (χ1v) is 4.17. The van der Waals surface area contributed by atoms with Crippen molar-refractivity contribution >= 4 is 0 Å². The molecule has 0 spiro atoms. The summed E-state index contributed by atoms with van der Waals surface area (Å²) in [5, 5.41) is 7.47. The lowest BCUT2D eigenvalue weighted by atomic mass is 9.95. The molecule has 68 valence electrons. The van der Waals surface area contributed by atoms with E-state index < -0.39 is 0 Å². The van der Waals surface area contributed by atoms with Gasteiger partial charge in [0.25, 0.3) is 0 Å². The van der Waals surface area contributed by atoms with Crippen LogP contribution in [-0.2, 0) is 12.6 Å². The highest BCUT2D eigenvalue weighted by Gasteiger charge is 2.21. The number of rotatable bonds is 2. The molecule has 0 bridgehead atoms. The average molecular weight is 167 g/mol. The minimum absolute atomic E-state index is 0.0122. The Morgan fingerprint density at radius 2 is 2.08 bits per heavy atom. The molecular weight excluding hydrogens is 150 g/mol. The second-order valence-corrected chi connectivity index (χ2v) is 3.64. The normalized spacial score (nSPS) is 12.1. The molecule has 1 N–H and O–H groups in total. The van der Waals surface area contributed by atoms with E-state index in [9.17, 15) is 0 Å². The Balaban J connectivity index is 3.11. The summed E-state index contributed by atoms with van der Waals surface area (Å²) >= 11 is 0. The van der Waals surface area contributed by atoms with Gasteiger partial charge >= 0.3 is 0 Å². The minimum Gasteiger partial charge on any atom is -0.311 e. The molecular formula is C9H17N3. The number of nitrogens with one attached hydrogen (secondary N) is 1. The third-order valence-corrected chi connectivity index (χ3v) is 2.53. The van der Waals surface area contributed by atoms with Crippen LogP contribution in [0, 0.1) is 6.92 Å². The smallest absolute Gasteiger partial charge is 0.0542 e. The van der Waals surface area contributed by atoms with Crippen molar-refractivity contribution in [2.75, 3.05) is 7.05 Å². The van der Waals surface area contributed by atoms with Crippen molar-refractivity contribution in [1.82, 2.24) is 15.1 Å². The second-order valence-electron chi connectivity index (χ2n) is 3.64. The van der Waals surface area contributed by atoms with Gasteiger partial charge in [0.15, 0.2) is 0 Å². The van der Waals surface area contributed by atoms with Gasteiger partial charge in [0.2, 0.25) is 0 Å². The molecule has 0 aromatic carbocycles. The maximum Gasteiger partial charge on any atom is 0.0542 e. The Morgan fingerprint density at radius 1 is 1.50 bits per heavy atom. The van der Waals surface area contributed by atoms with Gasteiger partial charge in [-0.1, -0.05) is 0 Å². The summed E-state index contributed by atoms with van der Waals surface area (Å²) in [6, 6.07) is 0. The molecule has 0 fully saturated rings. The van der Waals surface area contributed by atoms with Gasteiger partial charge in [0.1, 0.15) is 0 Å². The van der Waals surface area contributed by atoms with Crippen LogP contribution < -0.4 is 5.32 Å². The fourth-order valence-electron chi connectivity index (χ4n) is 1.25. The summed E-state index contributed by atoms with van der Waals surface area (Å²) in [5.74, 6) is 0. The molecule has 1 rings (SSSR count). The highest BCUT2D eigenvalue weighted by Crippen LogP contribution is 2.21. The lowest BCUT2D eigenvalue weighted by Gasteiger charge is -2.23. The van der Waals surface area contributed by atoms with Crippen molar-refractivity contribution in [3.8, 4) is 0 Å². The van der Waals surface area contributed by atoms with E-state index in [1.54, 1.807) is 0 Å². The van der Waals surface area contributed by atoms with Gasteiger partial charge in [-0.2, -0.15) is 5.10 Å². The quantitative estimate of drug-likeness (QED) is 0.717. The van der Waals surface area contributed by atoms with Gasteiger partial charge in [0, 0.05) is 23.8 Å². The highest BCUT2D eigenvalue weighted by atomic mass is 15.3. The van der Waals surface area contributed by atoms with Gasteiger partial charge in [0.05, 0.1) is 6.20 Å². The molecule has 1 heterocycles. The summed E-state index contributed by atoms with van der Waals surface area (Å²) in [7, 11) is 3.93. The maximum absolute atomic E-state index is 4.21. The zero-order chi connectivity index (χ0) is 9.35. The highest BCUT2D eigenvalue weighted by molar-refractivity contribution is 5.24. The summed E-state index contributed by atoms with van der Waals surface area (Å²) < 4.78 is 1.90. The van der Waals surface area contributed by atoms with E-state index in [-0.39, 0.29) is 5.54 Å². The van der Waals surface area contributed by atoms with E-state index in [1.165, 1.54) is 11.3 Å². The van der Waals surface area contributed by atoms with E-state index in [0.29, 0.717) is 0 Å².